The predicted molar refractivity (Wildman–Crippen MR) is 104 cm³/mol. The van der Waals surface area contributed by atoms with Gasteiger partial charge in [-0.3, -0.25) is 4.79 Å². The second kappa shape index (κ2) is 7.80. The fourth-order valence-corrected chi connectivity index (χ4v) is 3.52. The van der Waals surface area contributed by atoms with Gasteiger partial charge in [-0.2, -0.15) is 4.98 Å². The van der Waals surface area contributed by atoms with Gasteiger partial charge in [0.05, 0.1) is 6.04 Å². The third kappa shape index (κ3) is 3.74. The molecule has 0 N–H and O–H groups in total. The molecule has 1 aliphatic rings. The van der Waals surface area contributed by atoms with Gasteiger partial charge in [0, 0.05) is 37.7 Å². The largest absolute Gasteiger partial charge is 0.439 e. The molecule has 1 aromatic carbocycles. The normalized spacial score (nSPS) is 16.8. The molecule has 4 rings (SSSR count). The van der Waals surface area contributed by atoms with Crippen LogP contribution in [0.5, 0.6) is 11.6 Å². The van der Waals surface area contributed by atoms with Gasteiger partial charge in [0.25, 0.3) is 5.91 Å². The minimum Gasteiger partial charge on any atom is -0.439 e. The number of rotatable bonds is 4. The molecule has 2 aromatic heterocycles. The van der Waals surface area contributed by atoms with E-state index in [1.54, 1.807) is 17.0 Å². The number of hydrogen-bond donors (Lipinski definition) is 0. The molecule has 0 bridgehead atoms. The molecule has 7 nitrogen and oxygen atoms in total. The summed E-state index contributed by atoms with van der Waals surface area (Å²) in [6.07, 6.45) is 6.24. The summed E-state index contributed by atoms with van der Waals surface area (Å²) in [5, 5.41) is 0. The van der Waals surface area contributed by atoms with Crippen LogP contribution in [0.1, 0.15) is 47.4 Å². The summed E-state index contributed by atoms with van der Waals surface area (Å²) in [7, 11) is 1.83. The average Bonchev–Trinajstić information content (AvgIpc) is 3.13. The summed E-state index contributed by atoms with van der Waals surface area (Å²) in [5.41, 5.74) is 0.811. The summed E-state index contributed by atoms with van der Waals surface area (Å²) in [6, 6.07) is 11.2. The van der Waals surface area contributed by atoms with E-state index in [0.717, 1.165) is 30.7 Å². The highest BCUT2D eigenvalue weighted by molar-refractivity contribution is 5.91. The van der Waals surface area contributed by atoms with Gasteiger partial charge in [-0.15, -0.1) is 0 Å². The number of nitrogens with zero attached hydrogens (tertiary/aromatic N) is 5. The molecule has 0 aliphatic carbocycles. The van der Waals surface area contributed by atoms with Gasteiger partial charge in [0.15, 0.2) is 11.6 Å². The third-order valence-corrected chi connectivity index (χ3v) is 4.89. The number of hydrogen-bond acceptors (Lipinski definition) is 5. The Bertz CT molecular complexity index is 970. The Labute approximate surface area is 164 Å². The second-order valence-corrected chi connectivity index (χ2v) is 6.99. The van der Waals surface area contributed by atoms with Crippen molar-refractivity contribution in [2.24, 2.45) is 7.05 Å². The number of carbonyl (C=O) groups is 1. The molecule has 1 atom stereocenters. The maximum atomic E-state index is 13.1. The zero-order valence-corrected chi connectivity index (χ0v) is 16.1. The number of likely N-dealkylation sites (tertiary alicyclic amines) is 1. The van der Waals surface area contributed by atoms with Crippen molar-refractivity contribution in [3.63, 3.8) is 0 Å². The molecule has 3 aromatic rings. The molecular weight excluding hydrogens is 354 g/mol. The Hall–Kier alpha value is -3.22. The molecule has 28 heavy (non-hydrogen) atoms. The highest BCUT2D eigenvalue weighted by atomic mass is 16.5. The lowest BCUT2D eigenvalue weighted by Gasteiger charge is -2.34. The first-order valence-electron chi connectivity index (χ1n) is 9.48. The van der Waals surface area contributed by atoms with E-state index in [9.17, 15) is 4.79 Å². The lowest BCUT2D eigenvalue weighted by atomic mass is 10.0. The number of carbonyl (C=O) groups excluding carboxylic acids is 1. The molecule has 1 fully saturated rings. The summed E-state index contributed by atoms with van der Waals surface area (Å²) in [6.45, 7) is 2.58. The fourth-order valence-electron chi connectivity index (χ4n) is 3.52. The lowest BCUT2D eigenvalue weighted by molar-refractivity contribution is 0.0582. The van der Waals surface area contributed by atoms with E-state index in [0.29, 0.717) is 24.1 Å². The first-order chi connectivity index (χ1) is 13.6. The molecule has 0 saturated carbocycles. The average molecular weight is 377 g/mol. The van der Waals surface area contributed by atoms with Crippen LogP contribution in [0.25, 0.3) is 0 Å². The van der Waals surface area contributed by atoms with Gasteiger partial charge in [0.2, 0.25) is 5.88 Å². The second-order valence-electron chi connectivity index (χ2n) is 6.99. The number of ether oxygens (including phenoxy) is 1. The Morgan fingerprint density at radius 2 is 2.00 bits per heavy atom. The van der Waals surface area contributed by atoms with Crippen molar-refractivity contribution in [3.8, 4) is 11.6 Å². The highest BCUT2D eigenvalue weighted by Crippen LogP contribution is 2.31. The summed E-state index contributed by atoms with van der Waals surface area (Å²) >= 11 is 0. The summed E-state index contributed by atoms with van der Waals surface area (Å²) in [4.78, 5) is 28.4. The Morgan fingerprint density at radius 3 is 2.75 bits per heavy atom. The van der Waals surface area contributed by atoms with E-state index in [1.807, 2.05) is 55.3 Å². The van der Waals surface area contributed by atoms with Crippen LogP contribution in [0.15, 0.2) is 48.8 Å². The van der Waals surface area contributed by atoms with Gasteiger partial charge in [-0.05, 0) is 38.3 Å². The molecule has 0 radical (unpaired) electrons. The van der Waals surface area contributed by atoms with Gasteiger partial charge in [-0.1, -0.05) is 18.2 Å². The molecule has 0 spiro atoms. The number of piperidine rings is 1. The SMILES string of the molecule is Cc1cc(Oc2ccccc2)nc([C@@H]2CCCCN2C(=O)c2nccn2C)n1. The van der Waals surface area contributed by atoms with Gasteiger partial charge in [0.1, 0.15) is 5.75 Å². The topological polar surface area (TPSA) is 73.1 Å². The predicted octanol–water partition coefficient (Wildman–Crippen LogP) is 3.68. The van der Waals surface area contributed by atoms with E-state index in [1.165, 1.54) is 0 Å². The van der Waals surface area contributed by atoms with Gasteiger partial charge >= 0.3 is 0 Å². The quantitative estimate of drug-likeness (QED) is 0.693. The van der Waals surface area contributed by atoms with E-state index in [-0.39, 0.29) is 11.9 Å². The van der Waals surface area contributed by atoms with Crippen molar-refractivity contribution in [3.05, 3.63) is 66.1 Å². The Morgan fingerprint density at radius 1 is 1.18 bits per heavy atom. The maximum Gasteiger partial charge on any atom is 0.290 e. The Balaban J connectivity index is 1.64. The van der Waals surface area contributed by atoms with Crippen LogP contribution >= 0.6 is 0 Å². The highest BCUT2D eigenvalue weighted by Gasteiger charge is 2.32. The van der Waals surface area contributed by atoms with Crippen molar-refractivity contribution in [1.82, 2.24) is 24.4 Å². The number of aryl methyl sites for hydroxylation is 2. The summed E-state index contributed by atoms with van der Waals surface area (Å²) in [5.74, 6) is 2.17. The molecule has 3 heterocycles. The molecule has 1 aliphatic heterocycles. The minimum absolute atomic E-state index is 0.0900. The summed E-state index contributed by atoms with van der Waals surface area (Å²) < 4.78 is 7.65. The maximum absolute atomic E-state index is 13.1. The zero-order valence-electron chi connectivity index (χ0n) is 16.1. The van der Waals surface area contributed by atoms with Crippen LogP contribution in [0.3, 0.4) is 0 Å². The first kappa shape index (κ1) is 18.2. The van der Waals surface area contributed by atoms with Crippen LogP contribution in [-0.2, 0) is 7.05 Å². The van der Waals surface area contributed by atoms with E-state index >= 15 is 0 Å². The molecular formula is C21H23N5O2. The van der Waals surface area contributed by atoms with E-state index in [4.69, 9.17) is 4.74 Å². The number of aromatic nitrogens is 4. The molecule has 1 saturated heterocycles. The first-order valence-corrected chi connectivity index (χ1v) is 9.48. The zero-order chi connectivity index (χ0) is 19.5. The van der Waals surface area contributed by atoms with Crippen LogP contribution in [0.4, 0.5) is 0 Å². The van der Waals surface area contributed by atoms with Crippen molar-refractivity contribution in [1.29, 1.82) is 0 Å². The van der Waals surface area contributed by atoms with Crippen molar-refractivity contribution in [2.75, 3.05) is 6.54 Å². The number of para-hydroxylation sites is 1. The minimum atomic E-state index is -0.184. The van der Waals surface area contributed by atoms with E-state index in [2.05, 4.69) is 15.0 Å². The van der Waals surface area contributed by atoms with Crippen LogP contribution in [0.2, 0.25) is 0 Å². The number of benzene rings is 1. The van der Waals surface area contributed by atoms with Crippen molar-refractivity contribution >= 4 is 5.91 Å². The lowest BCUT2D eigenvalue weighted by Crippen LogP contribution is -2.40. The van der Waals surface area contributed by atoms with Gasteiger partial charge in [-0.25, -0.2) is 9.97 Å². The smallest absolute Gasteiger partial charge is 0.290 e. The van der Waals surface area contributed by atoms with Gasteiger partial charge < -0.3 is 14.2 Å². The van der Waals surface area contributed by atoms with Crippen molar-refractivity contribution in [2.45, 2.75) is 32.2 Å². The molecule has 1 amide bonds. The molecule has 0 unspecified atom stereocenters. The number of imidazole rings is 1. The monoisotopic (exact) mass is 377 g/mol. The standard InChI is InChI=1S/C21H23N5O2/c1-15-14-18(28-16-8-4-3-5-9-16)24-19(23-15)17-10-6-7-12-26(17)21(27)20-22-11-13-25(20)2/h3-5,8-9,11,13-14,17H,6-7,10,12H2,1-2H3/t17-/m0/s1. The Kier molecular flexibility index (Phi) is 5.06. The van der Waals surface area contributed by atoms with Crippen LogP contribution < -0.4 is 4.74 Å². The van der Waals surface area contributed by atoms with Crippen LogP contribution in [0, 0.1) is 6.92 Å². The fraction of sp³-hybridized carbons (Fsp3) is 0.333. The molecule has 144 valence electrons. The van der Waals surface area contributed by atoms with Crippen LogP contribution in [-0.4, -0.2) is 36.9 Å². The third-order valence-electron chi connectivity index (χ3n) is 4.89. The van der Waals surface area contributed by atoms with Crippen molar-refractivity contribution < 1.29 is 9.53 Å². The molecule has 7 heteroatoms. The van der Waals surface area contributed by atoms with E-state index < -0.39 is 0 Å². The number of amides is 1.